The van der Waals surface area contributed by atoms with Crippen LogP contribution in [0.1, 0.15) is 63.6 Å². The SMILES string of the molecule is O=C(NCc1noc(C2CCCO2)n1)c1cc2c(s1)CCOC21CCNCC1. The molecule has 8 nitrogen and oxygen atoms in total. The second kappa shape index (κ2) is 7.55. The lowest BCUT2D eigenvalue weighted by molar-refractivity contribution is -0.0792. The first kappa shape index (κ1) is 18.2. The van der Waals surface area contributed by atoms with Gasteiger partial charge in [0.2, 0.25) is 0 Å². The molecule has 1 amide bonds. The average molecular weight is 404 g/mol. The van der Waals surface area contributed by atoms with Crippen molar-refractivity contribution in [3.63, 3.8) is 0 Å². The minimum Gasteiger partial charge on any atom is -0.370 e. The largest absolute Gasteiger partial charge is 0.370 e. The lowest BCUT2D eigenvalue weighted by atomic mass is 9.83. The number of hydrogen-bond acceptors (Lipinski definition) is 8. The van der Waals surface area contributed by atoms with Crippen LogP contribution < -0.4 is 10.6 Å². The maximum Gasteiger partial charge on any atom is 0.261 e. The summed E-state index contributed by atoms with van der Waals surface area (Å²) < 4.78 is 17.0. The number of carbonyl (C=O) groups is 1. The highest BCUT2D eigenvalue weighted by atomic mass is 32.1. The predicted octanol–water partition coefficient (Wildman–Crippen LogP) is 2.06. The lowest BCUT2D eigenvalue weighted by Crippen LogP contribution is -2.44. The van der Waals surface area contributed by atoms with E-state index in [2.05, 4.69) is 20.8 Å². The Morgan fingerprint density at radius 2 is 2.25 bits per heavy atom. The van der Waals surface area contributed by atoms with Crippen LogP contribution in [0.15, 0.2) is 10.6 Å². The second-order valence-electron chi connectivity index (χ2n) is 7.52. The van der Waals surface area contributed by atoms with Gasteiger partial charge in [-0.2, -0.15) is 4.98 Å². The Morgan fingerprint density at radius 1 is 1.36 bits per heavy atom. The van der Waals surface area contributed by atoms with E-state index in [0.29, 0.717) is 11.7 Å². The standard InChI is InChI=1S/C19H24N4O4S/c24-17(21-11-16-22-18(27-23-16)13-2-1-8-25-13)15-10-12-14(28-15)3-9-26-19(12)4-6-20-7-5-19/h10,13,20H,1-9,11H2,(H,21,24). The third kappa shape index (κ3) is 3.36. The molecule has 3 aliphatic heterocycles. The zero-order chi connectivity index (χ0) is 19.0. The number of nitrogens with one attached hydrogen (secondary N) is 2. The van der Waals surface area contributed by atoms with E-state index in [1.54, 1.807) is 11.3 Å². The van der Waals surface area contributed by atoms with Crippen LogP contribution >= 0.6 is 11.3 Å². The van der Waals surface area contributed by atoms with Crippen molar-refractivity contribution in [2.24, 2.45) is 0 Å². The molecule has 1 spiro atoms. The fourth-order valence-corrected chi connectivity index (χ4v) is 5.41. The van der Waals surface area contributed by atoms with Crippen LogP contribution in [0.5, 0.6) is 0 Å². The number of ether oxygens (including phenoxy) is 2. The first-order chi connectivity index (χ1) is 13.7. The van der Waals surface area contributed by atoms with Crippen LogP contribution in [0, 0.1) is 0 Å². The summed E-state index contributed by atoms with van der Waals surface area (Å²) in [5.41, 5.74) is 0.980. The topological polar surface area (TPSA) is 98.5 Å². The van der Waals surface area contributed by atoms with Crippen molar-refractivity contribution in [3.05, 3.63) is 33.1 Å². The molecule has 2 N–H and O–H groups in total. The molecule has 9 heteroatoms. The maximum atomic E-state index is 12.7. The van der Waals surface area contributed by atoms with Gasteiger partial charge in [-0.05, 0) is 50.4 Å². The van der Waals surface area contributed by atoms with Crippen LogP contribution in [0.4, 0.5) is 0 Å². The summed E-state index contributed by atoms with van der Waals surface area (Å²) in [7, 11) is 0. The van der Waals surface area contributed by atoms with E-state index < -0.39 is 0 Å². The summed E-state index contributed by atoms with van der Waals surface area (Å²) in [6.45, 7) is 3.58. The molecule has 1 atom stereocenters. The zero-order valence-electron chi connectivity index (χ0n) is 15.7. The van der Waals surface area contributed by atoms with E-state index in [1.807, 2.05) is 6.07 Å². The number of rotatable bonds is 4. The molecule has 2 fully saturated rings. The quantitative estimate of drug-likeness (QED) is 0.805. The van der Waals surface area contributed by atoms with Gasteiger partial charge in [-0.1, -0.05) is 5.16 Å². The number of thiophene rings is 1. The van der Waals surface area contributed by atoms with E-state index in [1.165, 1.54) is 10.4 Å². The molecule has 28 heavy (non-hydrogen) atoms. The molecule has 2 saturated heterocycles. The first-order valence-corrected chi connectivity index (χ1v) is 10.8. The normalized spacial score (nSPS) is 23.6. The van der Waals surface area contributed by atoms with E-state index in [9.17, 15) is 4.79 Å². The van der Waals surface area contributed by atoms with Crippen LogP contribution in [0.3, 0.4) is 0 Å². The van der Waals surface area contributed by atoms with E-state index in [4.69, 9.17) is 14.0 Å². The summed E-state index contributed by atoms with van der Waals surface area (Å²) >= 11 is 1.58. The van der Waals surface area contributed by atoms with Crippen molar-refractivity contribution in [1.29, 1.82) is 0 Å². The summed E-state index contributed by atoms with van der Waals surface area (Å²) in [6, 6.07) is 2.02. The van der Waals surface area contributed by atoms with Gasteiger partial charge in [0.25, 0.3) is 11.8 Å². The summed E-state index contributed by atoms with van der Waals surface area (Å²) in [5.74, 6) is 0.864. The number of nitrogens with zero attached hydrogens (tertiary/aromatic N) is 2. The fourth-order valence-electron chi connectivity index (χ4n) is 4.26. The molecule has 2 aromatic rings. The Morgan fingerprint density at radius 3 is 3.07 bits per heavy atom. The van der Waals surface area contributed by atoms with Gasteiger partial charge in [0.15, 0.2) is 5.82 Å². The predicted molar refractivity (Wildman–Crippen MR) is 101 cm³/mol. The Kier molecular flexibility index (Phi) is 4.92. The second-order valence-corrected chi connectivity index (χ2v) is 8.66. The molecule has 2 aromatic heterocycles. The smallest absolute Gasteiger partial charge is 0.261 e. The van der Waals surface area contributed by atoms with Crippen molar-refractivity contribution in [1.82, 2.24) is 20.8 Å². The molecule has 0 aromatic carbocycles. The van der Waals surface area contributed by atoms with Crippen molar-refractivity contribution in [2.45, 2.75) is 50.4 Å². The first-order valence-electron chi connectivity index (χ1n) is 9.94. The maximum absolute atomic E-state index is 12.7. The molecule has 0 bridgehead atoms. The number of aromatic nitrogens is 2. The van der Waals surface area contributed by atoms with Gasteiger partial charge in [0, 0.05) is 17.9 Å². The average Bonchev–Trinajstić information content (AvgIpc) is 3.47. The van der Waals surface area contributed by atoms with Gasteiger partial charge in [0.1, 0.15) is 6.10 Å². The lowest BCUT2D eigenvalue weighted by Gasteiger charge is -2.40. The number of fused-ring (bicyclic) bond motifs is 2. The van der Waals surface area contributed by atoms with Crippen molar-refractivity contribution >= 4 is 17.2 Å². The molecule has 1 unspecified atom stereocenters. The Labute approximate surface area is 167 Å². The van der Waals surface area contributed by atoms with Gasteiger partial charge in [-0.15, -0.1) is 11.3 Å². The van der Waals surface area contributed by atoms with Crippen molar-refractivity contribution in [3.8, 4) is 0 Å². The van der Waals surface area contributed by atoms with Gasteiger partial charge in [-0.3, -0.25) is 4.79 Å². The summed E-state index contributed by atoms with van der Waals surface area (Å²) in [4.78, 5) is 19.1. The zero-order valence-corrected chi connectivity index (χ0v) is 16.5. The van der Waals surface area contributed by atoms with Crippen LogP contribution in [-0.2, 0) is 28.0 Å². The van der Waals surface area contributed by atoms with E-state index in [-0.39, 0.29) is 24.2 Å². The van der Waals surface area contributed by atoms with Gasteiger partial charge in [0.05, 0.1) is 23.6 Å². The van der Waals surface area contributed by atoms with Gasteiger partial charge in [-0.25, -0.2) is 0 Å². The molecule has 150 valence electrons. The molecular weight excluding hydrogens is 380 g/mol. The van der Waals surface area contributed by atoms with Crippen molar-refractivity contribution < 1.29 is 18.8 Å². The molecule has 5 heterocycles. The van der Waals surface area contributed by atoms with Gasteiger partial charge >= 0.3 is 0 Å². The minimum absolute atomic E-state index is 0.105. The Hall–Kier alpha value is -1.81. The highest BCUT2D eigenvalue weighted by molar-refractivity contribution is 7.14. The fraction of sp³-hybridized carbons (Fsp3) is 0.632. The molecule has 0 aliphatic carbocycles. The number of hydrogen-bond donors (Lipinski definition) is 2. The third-order valence-corrected chi connectivity index (χ3v) is 6.93. The Balaban J connectivity index is 1.26. The minimum atomic E-state index is -0.224. The van der Waals surface area contributed by atoms with E-state index >= 15 is 0 Å². The molecule has 5 rings (SSSR count). The number of piperidine rings is 1. The highest BCUT2D eigenvalue weighted by Gasteiger charge is 2.40. The van der Waals surface area contributed by atoms with Gasteiger partial charge < -0.3 is 24.6 Å². The summed E-state index contributed by atoms with van der Waals surface area (Å²) in [5, 5.41) is 10.3. The number of carbonyl (C=O) groups excluding carboxylic acids is 1. The van der Waals surface area contributed by atoms with Crippen molar-refractivity contribution in [2.75, 3.05) is 26.3 Å². The number of amides is 1. The highest BCUT2D eigenvalue weighted by Crippen LogP contribution is 2.43. The van der Waals surface area contributed by atoms with Crippen LogP contribution in [0.25, 0.3) is 0 Å². The molecule has 3 aliphatic rings. The molecular formula is C19H24N4O4S. The molecule has 0 saturated carbocycles. The van der Waals surface area contributed by atoms with Crippen LogP contribution in [0.2, 0.25) is 0 Å². The van der Waals surface area contributed by atoms with Crippen LogP contribution in [-0.4, -0.2) is 42.4 Å². The Bertz CT molecular complexity index is 852. The van der Waals surface area contributed by atoms with E-state index in [0.717, 1.165) is 63.3 Å². The third-order valence-electron chi connectivity index (χ3n) is 5.74. The molecule has 0 radical (unpaired) electrons. The monoisotopic (exact) mass is 404 g/mol. The summed E-state index contributed by atoms with van der Waals surface area (Å²) in [6.07, 6.45) is 4.57.